The number of hydrogen-bond donors (Lipinski definition) is 1. The summed E-state index contributed by atoms with van der Waals surface area (Å²) in [5.74, 6) is 0.489. The second-order valence-electron chi connectivity index (χ2n) is 6.25. The van der Waals surface area contributed by atoms with Gasteiger partial charge in [-0.2, -0.15) is 0 Å². The summed E-state index contributed by atoms with van der Waals surface area (Å²) in [4.78, 5) is 2.52. The highest BCUT2D eigenvalue weighted by Crippen LogP contribution is 2.23. The second kappa shape index (κ2) is 7.70. The Labute approximate surface area is 136 Å². The van der Waals surface area contributed by atoms with E-state index in [2.05, 4.69) is 46.9 Å². The Balaban J connectivity index is 2.11. The van der Waals surface area contributed by atoms with Crippen molar-refractivity contribution < 1.29 is 4.39 Å². The first-order valence-corrected chi connectivity index (χ1v) is 8.72. The van der Waals surface area contributed by atoms with Gasteiger partial charge in [-0.25, -0.2) is 4.39 Å². The lowest BCUT2D eigenvalue weighted by Gasteiger charge is -2.31. The van der Waals surface area contributed by atoms with Crippen molar-refractivity contribution >= 4 is 15.9 Å². The summed E-state index contributed by atoms with van der Waals surface area (Å²) in [6.45, 7) is 9.87. The molecule has 1 aliphatic rings. The molecule has 1 saturated heterocycles. The maximum absolute atomic E-state index is 13.2. The van der Waals surface area contributed by atoms with Crippen LogP contribution in [0, 0.1) is 11.7 Å². The van der Waals surface area contributed by atoms with Crippen LogP contribution in [0.2, 0.25) is 0 Å². The van der Waals surface area contributed by atoms with Crippen LogP contribution in [-0.4, -0.2) is 30.1 Å². The quantitative estimate of drug-likeness (QED) is 0.869. The van der Waals surface area contributed by atoms with Gasteiger partial charge in [-0.05, 0) is 43.5 Å². The predicted octanol–water partition coefficient (Wildman–Crippen LogP) is 4.19. The molecule has 1 heterocycles. The summed E-state index contributed by atoms with van der Waals surface area (Å²) in [5, 5.41) is 3.69. The van der Waals surface area contributed by atoms with E-state index in [-0.39, 0.29) is 5.82 Å². The van der Waals surface area contributed by atoms with Gasteiger partial charge < -0.3 is 5.32 Å². The molecule has 1 aromatic carbocycles. The van der Waals surface area contributed by atoms with Crippen molar-refractivity contribution in [1.29, 1.82) is 0 Å². The minimum absolute atomic E-state index is 0.186. The van der Waals surface area contributed by atoms with Crippen molar-refractivity contribution in [3.05, 3.63) is 34.1 Å². The van der Waals surface area contributed by atoms with Crippen molar-refractivity contribution in [2.24, 2.45) is 5.92 Å². The van der Waals surface area contributed by atoms with Crippen LogP contribution >= 0.6 is 15.9 Å². The molecule has 0 aliphatic carbocycles. The fourth-order valence-electron chi connectivity index (χ4n) is 2.91. The Kier molecular flexibility index (Phi) is 6.20. The third-order valence-electron chi connectivity index (χ3n) is 4.74. The minimum Gasteiger partial charge on any atom is -0.312 e. The molecule has 118 valence electrons. The molecule has 4 heteroatoms. The second-order valence-corrected chi connectivity index (χ2v) is 7.10. The van der Waals surface area contributed by atoms with E-state index < -0.39 is 0 Å². The molecule has 0 aromatic heterocycles. The first kappa shape index (κ1) is 16.9. The van der Waals surface area contributed by atoms with Crippen LogP contribution in [-0.2, 0) is 6.54 Å². The van der Waals surface area contributed by atoms with Gasteiger partial charge in [0.05, 0.1) is 0 Å². The summed E-state index contributed by atoms with van der Waals surface area (Å²) in [5.41, 5.74) is 1.16. The predicted molar refractivity (Wildman–Crippen MR) is 89.8 cm³/mol. The zero-order valence-corrected chi connectivity index (χ0v) is 14.8. The van der Waals surface area contributed by atoms with E-state index in [0.717, 1.165) is 36.1 Å². The van der Waals surface area contributed by atoms with Crippen molar-refractivity contribution in [2.45, 2.75) is 52.2 Å². The largest absolute Gasteiger partial charge is 0.312 e. The van der Waals surface area contributed by atoms with Gasteiger partial charge in [0.1, 0.15) is 5.82 Å². The molecule has 0 bridgehead atoms. The number of benzene rings is 1. The van der Waals surface area contributed by atoms with Gasteiger partial charge in [0.15, 0.2) is 0 Å². The maximum Gasteiger partial charge on any atom is 0.124 e. The average molecular weight is 357 g/mol. The molecule has 2 nitrogen and oxygen atoms in total. The monoisotopic (exact) mass is 356 g/mol. The number of halogens is 2. The molecule has 0 amide bonds. The molecule has 1 fully saturated rings. The van der Waals surface area contributed by atoms with Gasteiger partial charge >= 0.3 is 0 Å². The molecule has 0 radical (unpaired) electrons. The summed E-state index contributed by atoms with van der Waals surface area (Å²) in [7, 11) is 0. The SMILES string of the molecule is CCC(C)C1CN(Cc2ccc(F)cc2Br)C(C)CCN1. The first-order chi connectivity index (χ1) is 10.0. The van der Waals surface area contributed by atoms with Crippen LogP contribution in [0.25, 0.3) is 0 Å². The topological polar surface area (TPSA) is 15.3 Å². The van der Waals surface area contributed by atoms with Gasteiger partial charge in [-0.1, -0.05) is 42.3 Å². The van der Waals surface area contributed by atoms with Crippen molar-refractivity contribution in [3.8, 4) is 0 Å². The van der Waals surface area contributed by atoms with E-state index in [4.69, 9.17) is 0 Å². The first-order valence-electron chi connectivity index (χ1n) is 7.92. The molecule has 1 N–H and O–H groups in total. The van der Waals surface area contributed by atoms with Gasteiger partial charge in [-0.3, -0.25) is 4.90 Å². The average Bonchev–Trinajstić information content (AvgIpc) is 2.63. The molecule has 1 aromatic rings. The Hall–Kier alpha value is -0.450. The number of nitrogens with one attached hydrogen (secondary N) is 1. The molecule has 3 atom stereocenters. The molecular formula is C17H26BrFN2. The normalized spacial score (nSPS) is 25.6. The van der Waals surface area contributed by atoms with E-state index in [1.165, 1.54) is 6.42 Å². The lowest BCUT2D eigenvalue weighted by Crippen LogP contribution is -2.43. The number of hydrogen-bond acceptors (Lipinski definition) is 2. The molecule has 3 unspecified atom stereocenters. The van der Waals surface area contributed by atoms with Crippen LogP contribution in [0.1, 0.15) is 39.2 Å². The van der Waals surface area contributed by atoms with Gasteiger partial charge in [-0.15, -0.1) is 0 Å². The summed E-state index contributed by atoms with van der Waals surface area (Å²) < 4.78 is 14.1. The number of rotatable bonds is 4. The van der Waals surface area contributed by atoms with Crippen LogP contribution in [0.15, 0.2) is 22.7 Å². The van der Waals surface area contributed by atoms with Crippen LogP contribution < -0.4 is 5.32 Å². The number of nitrogens with zero attached hydrogens (tertiary/aromatic N) is 1. The van der Waals surface area contributed by atoms with E-state index in [1.807, 2.05) is 6.07 Å². The van der Waals surface area contributed by atoms with E-state index in [9.17, 15) is 4.39 Å². The zero-order valence-electron chi connectivity index (χ0n) is 13.2. The summed E-state index contributed by atoms with van der Waals surface area (Å²) in [6, 6.07) is 6.08. The Bertz CT molecular complexity index is 466. The molecule has 0 saturated carbocycles. The Morgan fingerprint density at radius 2 is 2.24 bits per heavy atom. The van der Waals surface area contributed by atoms with Gasteiger partial charge in [0, 0.05) is 29.6 Å². The lowest BCUT2D eigenvalue weighted by atomic mass is 9.98. The fourth-order valence-corrected chi connectivity index (χ4v) is 3.39. The highest BCUT2D eigenvalue weighted by molar-refractivity contribution is 9.10. The summed E-state index contributed by atoms with van der Waals surface area (Å²) >= 11 is 3.49. The van der Waals surface area contributed by atoms with Crippen molar-refractivity contribution in [3.63, 3.8) is 0 Å². The molecule has 21 heavy (non-hydrogen) atoms. The fraction of sp³-hybridized carbons (Fsp3) is 0.647. The van der Waals surface area contributed by atoms with E-state index >= 15 is 0 Å². The molecule has 1 aliphatic heterocycles. The zero-order chi connectivity index (χ0) is 15.4. The van der Waals surface area contributed by atoms with Crippen LogP contribution in [0.5, 0.6) is 0 Å². The van der Waals surface area contributed by atoms with E-state index in [1.54, 1.807) is 12.1 Å². The smallest absolute Gasteiger partial charge is 0.124 e. The summed E-state index contributed by atoms with van der Waals surface area (Å²) in [6.07, 6.45) is 2.35. The van der Waals surface area contributed by atoms with Crippen molar-refractivity contribution in [2.75, 3.05) is 13.1 Å². The minimum atomic E-state index is -0.186. The third kappa shape index (κ3) is 4.51. The van der Waals surface area contributed by atoms with Crippen molar-refractivity contribution in [1.82, 2.24) is 10.2 Å². The highest BCUT2D eigenvalue weighted by atomic mass is 79.9. The maximum atomic E-state index is 13.2. The highest BCUT2D eigenvalue weighted by Gasteiger charge is 2.26. The standard InChI is InChI=1S/C17H26BrFN2/c1-4-12(2)17-11-21(13(3)7-8-20-17)10-14-5-6-15(19)9-16(14)18/h5-6,9,12-13,17,20H,4,7-8,10-11H2,1-3H3. The lowest BCUT2D eigenvalue weighted by molar-refractivity contribution is 0.180. The molecule has 0 spiro atoms. The third-order valence-corrected chi connectivity index (χ3v) is 5.48. The Morgan fingerprint density at radius 3 is 2.90 bits per heavy atom. The molecule has 2 rings (SSSR count). The Morgan fingerprint density at radius 1 is 1.48 bits per heavy atom. The molecular weight excluding hydrogens is 331 g/mol. The van der Waals surface area contributed by atoms with Gasteiger partial charge in [0.25, 0.3) is 0 Å². The van der Waals surface area contributed by atoms with Crippen LogP contribution in [0.4, 0.5) is 4.39 Å². The van der Waals surface area contributed by atoms with E-state index in [0.29, 0.717) is 18.0 Å². The van der Waals surface area contributed by atoms with Gasteiger partial charge in [0.2, 0.25) is 0 Å². The van der Waals surface area contributed by atoms with Crippen LogP contribution in [0.3, 0.4) is 0 Å².